The number of rotatable bonds is 5. The van der Waals surface area contributed by atoms with E-state index in [0.29, 0.717) is 28.6 Å². The van der Waals surface area contributed by atoms with Gasteiger partial charge in [0.15, 0.2) is 0 Å². The molecule has 3 rings (SSSR count). The van der Waals surface area contributed by atoms with Crippen LogP contribution in [0.25, 0.3) is 21.9 Å². The van der Waals surface area contributed by atoms with Gasteiger partial charge in [0, 0.05) is 29.7 Å². The zero-order valence-electron chi connectivity index (χ0n) is 16.2. The number of hydrogen-bond acceptors (Lipinski definition) is 4. The van der Waals surface area contributed by atoms with Gasteiger partial charge in [-0.05, 0) is 47.2 Å². The molecule has 1 aromatic heterocycles. The Balaban J connectivity index is 2.46. The van der Waals surface area contributed by atoms with Crippen LogP contribution in [0.2, 0.25) is 0 Å². The molecule has 2 aromatic carbocycles. The maximum Gasteiger partial charge on any atom is 0.337 e. The lowest BCUT2D eigenvalue weighted by Gasteiger charge is -2.21. The summed E-state index contributed by atoms with van der Waals surface area (Å²) >= 11 is 0. The molecule has 6 heteroatoms. The maximum absolute atomic E-state index is 13.5. The van der Waals surface area contributed by atoms with E-state index in [1.54, 1.807) is 34.9 Å². The number of esters is 1. The van der Waals surface area contributed by atoms with E-state index in [1.807, 2.05) is 13.8 Å². The van der Waals surface area contributed by atoms with Gasteiger partial charge in [0.25, 0.3) is 5.56 Å². The Labute approximate surface area is 162 Å². The summed E-state index contributed by atoms with van der Waals surface area (Å²) in [6.07, 6.45) is 0. The quantitative estimate of drug-likeness (QED) is 0.683. The molecule has 5 nitrogen and oxygen atoms in total. The Hall–Kier alpha value is -2.99. The van der Waals surface area contributed by atoms with Crippen LogP contribution in [0, 0.1) is 11.7 Å². The average Bonchev–Trinajstić information content (AvgIpc) is 2.69. The summed E-state index contributed by atoms with van der Waals surface area (Å²) < 4.78 is 20.0. The smallest absolute Gasteiger partial charge is 0.337 e. The number of halogens is 1. The third kappa shape index (κ3) is 3.55. The Kier molecular flexibility index (Phi) is 5.61. The van der Waals surface area contributed by atoms with E-state index in [2.05, 4.69) is 0 Å². The van der Waals surface area contributed by atoms with Crippen molar-refractivity contribution in [3.05, 3.63) is 69.9 Å². The number of hydrogen-bond donors (Lipinski definition) is 1. The molecule has 3 aromatic rings. The van der Waals surface area contributed by atoms with Crippen molar-refractivity contribution >= 4 is 16.7 Å². The Morgan fingerprint density at radius 3 is 2.39 bits per heavy atom. The molecule has 0 atom stereocenters. The first-order valence-corrected chi connectivity index (χ1v) is 9.11. The van der Waals surface area contributed by atoms with Crippen molar-refractivity contribution in [2.75, 3.05) is 7.11 Å². The van der Waals surface area contributed by atoms with Crippen LogP contribution < -0.4 is 11.3 Å². The normalized spacial score (nSPS) is 11.2. The molecule has 0 aliphatic rings. The van der Waals surface area contributed by atoms with E-state index in [-0.39, 0.29) is 23.8 Å². The van der Waals surface area contributed by atoms with Crippen LogP contribution in [-0.4, -0.2) is 17.6 Å². The van der Waals surface area contributed by atoms with Gasteiger partial charge in [0.1, 0.15) is 5.82 Å². The van der Waals surface area contributed by atoms with Crippen molar-refractivity contribution in [3.8, 4) is 11.1 Å². The largest absolute Gasteiger partial charge is 0.465 e. The molecule has 0 saturated carbocycles. The van der Waals surface area contributed by atoms with Crippen molar-refractivity contribution in [1.82, 2.24) is 4.57 Å². The Bertz CT molecular complexity index is 1090. The van der Waals surface area contributed by atoms with Gasteiger partial charge in [-0.15, -0.1) is 0 Å². The number of methoxy groups -OCH3 is 1. The highest BCUT2D eigenvalue weighted by Crippen LogP contribution is 2.32. The van der Waals surface area contributed by atoms with Gasteiger partial charge < -0.3 is 15.0 Å². The highest BCUT2D eigenvalue weighted by molar-refractivity contribution is 6.02. The minimum atomic E-state index is -0.493. The third-order valence-electron chi connectivity index (χ3n) is 4.67. The van der Waals surface area contributed by atoms with Crippen LogP contribution in [0.15, 0.2) is 47.3 Å². The van der Waals surface area contributed by atoms with Crippen LogP contribution in [0.1, 0.15) is 29.9 Å². The molecule has 0 aliphatic carbocycles. The SMILES string of the molecule is COC(=O)c1ccc2c(=O)n(CC(C)C)c(CN)c(-c3ccc(F)cc3)c2c1. The first kappa shape index (κ1) is 19.8. The molecule has 0 fully saturated rings. The number of ether oxygens (including phenoxy) is 1. The predicted octanol–water partition coefficient (Wildman–Crippen LogP) is 3.71. The molecule has 0 unspecified atom stereocenters. The summed E-state index contributed by atoms with van der Waals surface area (Å²) in [4.78, 5) is 25.2. The maximum atomic E-state index is 13.5. The molecule has 0 bridgehead atoms. The first-order valence-electron chi connectivity index (χ1n) is 9.11. The van der Waals surface area contributed by atoms with Crippen LogP contribution in [0.5, 0.6) is 0 Å². The van der Waals surface area contributed by atoms with Crippen LogP contribution in [-0.2, 0) is 17.8 Å². The summed E-state index contributed by atoms with van der Waals surface area (Å²) in [7, 11) is 1.30. The lowest BCUT2D eigenvalue weighted by atomic mass is 9.95. The molecule has 0 aliphatic heterocycles. The van der Waals surface area contributed by atoms with E-state index in [4.69, 9.17) is 10.5 Å². The van der Waals surface area contributed by atoms with Crippen molar-refractivity contribution in [2.45, 2.75) is 26.9 Å². The minimum Gasteiger partial charge on any atom is -0.465 e. The zero-order chi connectivity index (χ0) is 20.4. The first-order chi connectivity index (χ1) is 13.4. The standard InChI is InChI=1S/C22H23FN2O3/c1-13(2)12-25-19(11-24)20(14-4-7-16(23)8-5-14)18-10-15(22(27)28-3)6-9-17(18)21(25)26/h4-10,13H,11-12,24H2,1-3H3. The second-order valence-electron chi connectivity index (χ2n) is 7.09. The predicted molar refractivity (Wildman–Crippen MR) is 108 cm³/mol. The van der Waals surface area contributed by atoms with E-state index in [9.17, 15) is 14.0 Å². The number of aromatic nitrogens is 1. The minimum absolute atomic E-state index is 0.132. The van der Waals surface area contributed by atoms with Crippen LogP contribution >= 0.6 is 0 Å². The monoisotopic (exact) mass is 382 g/mol. The number of pyridine rings is 1. The fraction of sp³-hybridized carbons (Fsp3) is 0.273. The average molecular weight is 382 g/mol. The Morgan fingerprint density at radius 2 is 1.82 bits per heavy atom. The van der Waals surface area contributed by atoms with Gasteiger partial charge in [0.2, 0.25) is 0 Å². The molecule has 0 spiro atoms. The van der Waals surface area contributed by atoms with E-state index in [1.165, 1.54) is 19.2 Å². The molecule has 146 valence electrons. The molecular formula is C22H23FN2O3. The van der Waals surface area contributed by atoms with Gasteiger partial charge in [0.05, 0.1) is 12.7 Å². The van der Waals surface area contributed by atoms with Gasteiger partial charge in [-0.1, -0.05) is 26.0 Å². The molecule has 1 heterocycles. The summed E-state index contributed by atoms with van der Waals surface area (Å²) in [6.45, 7) is 4.69. The van der Waals surface area contributed by atoms with Gasteiger partial charge in [-0.3, -0.25) is 4.79 Å². The summed E-state index contributed by atoms with van der Waals surface area (Å²) in [6, 6.07) is 10.9. The number of nitrogens with zero attached hydrogens (tertiary/aromatic N) is 1. The second-order valence-corrected chi connectivity index (χ2v) is 7.09. The van der Waals surface area contributed by atoms with Crippen LogP contribution in [0.4, 0.5) is 4.39 Å². The lowest BCUT2D eigenvalue weighted by Crippen LogP contribution is -2.28. The topological polar surface area (TPSA) is 74.3 Å². The number of carbonyl (C=O) groups is 1. The van der Waals surface area contributed by atoms with E-state index in [0.717, 1.165) is 11.1 Å². The highest BCUT2D eigenvalue weighted by atomic mass is 19.1. The van der Waals surface area contributed by atoms with E-state index < -0.39 is 5.97 Å². The van der Waals surface area contributed by atoms with Gasteiger partial charge in [-0.25, -0.2) is 9.18 Å². The van der Waals surface area contributed by atoms with Crippen molar-refractivity contribution in [3.63, 3.8) is 0 Å². The number of fused-ring (bicyclic) bond motifs is 1. The third-order valence-corrected chi connectivity index (χ3v) is 4.67. The second kappa shape index (κ2) is 7.94. The van der Waals surface area contributed by atoms with Crippen LogP contribution in [0.3, 0.4) is 0 Å². The fourth-order valence-electron chi connectivity index (χ4n) is 3.45. The molecule has 0 amide bonds. The molecule has 28 heavy (non-hydrogen) atoms. The van der Waals surface area contributed by atoms with Crippen molar-refractivity contribution in [1.29, 1.82) is 0 Å². The highest BCUT2D eigenvalue weighted by Gasteiger charge is 2.19. The Morgan fingerprint density at radius 1 is 1.14 bits per heavy atom. The molecular weight excluding hydrogens is 359 g/mol. The summed E-state index contributed by atoms with van der Waals surface area (Å²) in [5.41, 5.74) is 8.33. The fourth-order valence-corrected chi connectivity index (χ4v) is 3.45. The zero-order valence-corrected chi connectivity index (χ0v) is 16.2. The molecule has 2 N–H and O–H groups in total. The van der Waals surface area contributed by atoms with Crippen molar-refractivity contribution in [2.24, 2.45) is 11.7 Å². The van der Waals surface area contributed by atoms with Gasteiger partial charge in [-0.2, -0.15) is 0 Å². The van der Waals surface area contributed by atoms with Gasteiger partial charge >= 0.3 is 5.97 Å². The summed E-state index contributed by atoms with van der Waals surface area (Å²) in [5, 5.41) is 1.07. The van der Waals surface area contributed by atoms with E-state index >= 15 is 0 Å². The summed E-state index contributed by atoms with van der Waals surface area (Å²) in [5.74, 6) is -0.614. The van der Waals surface area contributed by atoms with Crippen molar-refractivity contribution < 1.29 is 13.9 Å². The number of nitrogens with two attached hydrogens (primary N) is 1. The molecule has 0 saturated heterocycles. The molecule has 0 radical (unpaired) electrons. The lowest BCUT2D eigenvalue weighted by molar-refractivity contribution is 0.0601. The number of carbonyl (C=O) groups excluding carboxylic acids is 1. The number of benzene rings is 2.